The molecule has 2 heteroatoms. The first-order valence-corrected chi connectivity index (χ1v) is 4.73. The van der Waals surface area contributed by atoms with Gasteiger partial charge in [0.2, 0.25) is 0 Å². The standard InChI is InChI=1S/C10H14O2/c11-10(8-4-1-2-5-8)9-6-3-7-12-9/h4,9H,1-3,5-7H2. The van der Waals surface area contributed by atoms with Crippen LogP contribution in [0.4, 0.5) is 0 Å². The summed E-state index contributed by atoms with van der Waals surface area (Å²) in [7, 11) is 0. The first-order valence-electron chi connectivity index (χ1n) is 4.73. The number of ketones is 1. The number of carbonyl (C=O) groups is 1. The Morgan fingerprint density at radius 2 is 2.42 bits per heavy atom. The fourth-order valence-electron chi connectivity index (χ4n) is 1.89. The smallest absolute Gasteiger partial charge is 0.187 e. The second-order valence-electron chi connectivity index (χ2n) is 3.49. The van der Waals surface area contributed by atoms with Crippen molar-refractivity contribution < 1.29 is 9.53 Å². The Hall–Kier alpha value is -0.630. The van der Waals surface area contributed by atoms with Crippen LogP contribution in [0.3, 0.4) is 0 Å². The normalized spacial score (nSPS) is 29.0. The summed E-state index contributed by atoms with van der Waals surface area (Å²) in [6.45, 7) is 0.768. The molecule has 0 radical (unpaired) electrons. The molecular formula is C10H14O2. The molecule has 0 aromatic heterocycles. The van der Waals surface area contributed by atoms with Gasteiger partial charge in [-0.05, 0) is 37.7 Å². The van der Waals surface area contributed by atoms with E-state index in [2.05, 4.69) is 6.08 Å². The molecule has 0 aromatic carbocycles. The van der Waals surface area contributed by atoms with Crippen LogP contribution in [-0.2, 0) is 9.53 Å². The molecule has 0 N–H and O–H groups in total. The maximum Gasteiger partial charge on any atom is 0.187 e. The molecule has 12 heavy (non-hydrogen) atoms. The number of hydrogen-bond donors (Lipinski definition) is 0. The minimum Gasteiger partial charge on any atom is -0.370 e. The van der Waals surface area contributed by atoms with Gasteiger partial charge in [-0.1, -0.05) is 6.08 Å². The van der Waals surface area contributed by atoms with E-state index in [9.17, 15) is 4.79 Å². The predicted molar refractivity (Wildman–Crippen MR) is 45.9 cm³/mol. The molecule has 1 aliphatic carbocycles. The third-order valence-corrected chi connectivity index (χ3v) is 2.58. The molecule has 2 rings (SSSR count). The van der Waals surface area contributed by atoms with Gasteiger partial charge in [0, 0.05) is 6.61 Å². The van der Waals surface area contributed by atoms with Gasteiger partial charge < -0.3 is 4.74 Å². The minimum atomic E-state index is -0.102. The van der Waals surface area contributed by atoms with Crippen LogP contribution >= 0.6 is 0 Å². The molecule has 66 valence electrons. The molecule has 0 bridgehead atoms. The Morgan fingerprint density at radius 3 is 3.00 bits per heavy atom. The van der Waals surface area contributed by atoms with Crippen LogP contribution < -0.4 is 0 Å². The van der Waals surface area contributed by atoms with Crippen molar-refractivity contribution in [2.75, 3.05) is 6.61 Å². The van der Waals surface area contributed by atoms with Crippen molar-refractivity contribution in [1.29, 1.82) is 0 Å². The summed E-state index contributed by atoms with van der Waals surface area (Å²) >= 11 is 0. The summed E-state index contributed by atoms with van der Waals surface area (Å²) in [5.74, 6) is 0.255. The zero-order chi connectivity index (χ0) is 8.39. The van der Waals surface area contributed by atoms with Gasteiger partial charge in [0.05, 0.1) is 0 Å². The molecule has 2 nitrogen and oxygen atoms in total. The largest absolute Gasteiger partial charge is 0.370 e. The molecule has 0 saturated carbocycles. The number of allylic oxidation sites excluding steroid dienone is 1. The van der Waals surface area contributed by atoms with Crippen LogP contribution in [0.25, 0.3) is 0 Å². The Bertz CT molecular complexity index is 212. The van der Waals surface area contributed by atoms with Crippen molar-refractivity contribution in [1.82, 2.24) is 0 Å². The van der Waals surface area contributed by atoms with Gasteiger partial charge in [-0.3, -0.25) is 4.79 Å². The fraction of sp³-hybridized carbons (Fsp3) is 0.700. The Kier molecular flexibility index (Phi) is 2.26. The molecular weight excluding hydrogens is 152 g/mol. The lowest BCUT2D eigenvalue weighted by atomic mass is 10.0. The van der Waals surface area contributed by atoms with Crippen molar-refractivity contribution in [3.8, 4) is 0 Å². The first kappa shape index (κ1) is 7.99. The number of rotatable bonds is 2. The maximum absolute atomic E-state index is 11.7. The van der Waals surface area contributed by atoms with Crippen LogP contribution in [0, 0.1) is 0 Å². The monoisotopic (exact) mass is 166 g/mol. The van der Waals surface area contributed by atoms with E-state index < -0.39 is 0 Å². The summed E-state index contributed by atoms with van der Waals surface area (Å²) in [6.07, 6.45) is 7.14. The zero-order valence-corrected chi connectivity index (χ0v) is 7.21. The number of Topliss-reactive ketones (excluding diaryl/α,β-unsaturated/α-hetero) is 1. The van der Waals surface area contributed by atoms with Gasteiger partial charge in [-0.2, -0.15) is 0 Å². The van der Waals surface area contributed by atoms with Crippen molar-refractivity contribution in [3.05, 3.63) is 11.6 Å². The highest BCUT2D eigenvalue weighted by Crippen LogP contribution is 2.23. The summed E-state index contributed by atoms with van der Waals surface area (Å²) in [6, 6.07) is 0. The Labute approximate surface area is 72.6 Å². The number of carbonyl (C=O) groups excluding carboxylic acids is 1. The van der Waals surface area contributed by atoms with Crippen LogP contribution in [0.1, 0.15) is 32.1 Å². The average molecular weight is 166 g/mol. The predicted octanol–water partition coefficient (Wildman–Crippen LogP) is 1.84. The average Bonchev–Trinajstić information content (AvgIpc) is 2.77. The van der Waals surface area contributed by atoms with Crippen LogP contribution in [-0.4, -0.2) is 18.5 Å². The molecule has 1 unspecified atom stereocenters. The van der Waals surface area contributed by atoms with E-state index in [-0.39, 0.29) is 11.9 Å². The van der Waals surface area contributed by atoms with E-state index in [4.69, 9.17) is 4.74 Å². The van der Waals surface area contributed by atoms with Gasteiger partial charge in [0.25, 0.3) is 0 Å². The first-order chi connectivity index (χ1) is 5.88. The third-order valence-electron chi connectivity index (χ3n) is 2.58. The van der Waals surface area contributed by atoms with Gasteiger partial charge in [-0.25, -0.2) is 0 Å². The number of ether oxygens (including phenoxy) is 1. The second-order valence-corrected chi connectivity index (χ2v) is 3.49. The maximum atomic E-state index is 11.7. The molecule has 1 atom stereocenters. The van der Waals surface area contributed by atoms with Crippen LogP contribution in [0.5, 0.6) is 0 Å². The van der Waals surface area contributed by atoms with E-state index in [0.29, 0.717) is 0 Å². The molecule has 1 saturated heterocycles. The van der Waals surface area contributed by atoms with E-state index in [1.165, 1.54) is 0 Å². The lowest BCUT2D eigenvalue weighted by molar-refractivity contribution is -0.124. The SMILES string of the molecule is O=C(C1=CCCC1)C1CCCO1. The molecule has 2 aliphatic rings. The van der Waals surface area contributed by atoms with Gasteiger partial charge in [0.15, 0.2) is 5.78 Å². The van der Waals surface area contributed by atoms with Crippen LogP contribution in [0.2, 0.25) is 0 Å². The van der Waals surface area contributed by atoms with E-state index >= 15 is 0 Å². The lowest BCUT2D eigenvalue weighted by Crippen LogP contribution is -2.20. The van der Waals surface area contributed by atoms with Gasteiger partial charge >= 0.3 is 0 Å². The number of hydrogen-bond acceptors (Lipinski definition) is 2. The summed E-state index contributed by atoms with van der Waals surface area (Å²) < 4.78 is 5.34. The topological polar surface area (TPSA) is 26.3 Å². The molecule has 1 heterocycles. The van der Waals surface area contributed by atoms with Crippen molar-refractivity contribution in [2.24, 2.45) is 0 Å². The summed E-state index contributed by atoms with van der Waals surface area (Å²) in [5.41, 5.74) is 1.02. The van der Waals surface area contributed by atoms with Gasteiger partial charge in [-0.15, -0.1) is 0 Å². The highest BCUT2D eigenvalue weighted by atomic mass is 16.5. The highest BCUT2D eigenvalue weighted by molar-refractivity contribution is 5.99. The van der Waals surface area contributed by atoms with E-state index in [1.54, 1.807) is 0 Å². The van der Waals surface area contributed by atoms with E-state index in [0.717, 1.165) is 44.3 Å². The van der Waals surface area contributed by atoms with Crippen LogP contribution in [0.15, 0.2) is 11.6 Å². The van der Waals surface area contributed by atoms with Crippen molar-refractivity contribution in [3.63, 3.8) is 0 Å². The molecule has 0 amide bonds. The summed E-state index contributed by atoms with van der Waals surface area (Å²) in [4.78, 5) is 11.7. The second kappa shape index (κ2) is 3.40. The zero-order valence-electron chi connectivity index (χ0n) is 7.21. The Morgan fingerprint density at radius 1 is 1.50 bits per heavy atom. The highest BCUT2D eigenvalue weighted by Gasteiger charge is 2.26. The molecule has 1 aliphatic heterocycles. The lowest BCUT2D eigenvalue weighted by Gasteiger charge is -2.07. The van der Waals surface area contributed by atoms with E-state index in [1.807, 2.05) is 0 Å². The third kappa shape index (κ3) is 1.44. The van der Waals surface area contributed by atoms with Crippen molar-refractivity contribution in [2.45, 2.75) is 38.2 Å². The van der Waals surface area contributed by atoms with Crippen molar-refractivity contribution >= 4 is 5.78 Å². The minimum absolute atomic E-state index is 0.102. The summed E-state index contributed by atoms with van der Waals surface area (Å²) in [5, 5.41) is 0. The molecule has 1 fully saturated rings. The van der Waals surface area contributed by atoms with Gasteiger partial charge in [0.1, 0.15) is 6.10 Å². The molecule has 0 aromatic rings. The quantitative estimate of drug-likeness (QED) is 0.625. The molecule has 0 spiro atoms. The fourth-order valence-corrected chi connectivity index (χ4v) is 1.89. The Balaban J connectivity index is 1.98.